The van der Waals surface area contributed by atoms with E-state index in [1.165, 1.54) is 11.6 Å². The molecule has 1 aromatic carbocycles. The van der Waals surface area contributed by atoms with Gasteiger partial charge in [0.2, 0.25) is 0 Å². The molecule has 0 saturated carbocycles. The van der Waals surface area contributed by atoms with E-state index in [1.807, 2.05) is 23.1 Å². The summed E-state index contributed by atoms with van der Waals surface area (Å²) in [7, 11) is 2.11. The number of carbonyl (C=O) groups excluding carboxylic acids is 1. The van der Waals surface area contributed by atoms with E-state index in [2.05, 4.69) is 34.4 Å². The predicted molar refractivity (Wildman–Crippen MR) is 106 cm³/mol. The zero-order valence-electron chi connectivity index (χ0n) is 15.9. The number of pyridine rings is 1. The standard InChI is InChI=1S/C21H24FN5O/c1-25-10-11-27(15-18(25)12-16-6-3-2-4-7-16)21(28)23-13-17-14-26-9-5-8-19(22)20(26)24-17/h2-9,14,18H,10-13,15H2,1H3,(H,23,28). The van der Waals surface area contributed by atoms with Crippen LogP contribution in [0.2, 0.25) is 0 Å². The second-order valence-corrected chi connectivity index (χ2v) is 7.25. The molecule has 4 rings (SSSR count). The van der Waals surface area contributed by atoms with Crippen molar-refractivity contribution in [3.05, 3.63) is 71.9 Å². The van der Waals surface area contributed by atoms with Crippen LogP contribution in [0.5, 0.6) is 0 Å². The number of fused-ring (bicyclic) bond motifs is 1. The summed E-state index contributed by atoms with van der Waals surface area (Å²) < 4.78 is 15.4. The van der Waals surface area contributed by atoms with E-state index in [0.29, 0.717) is 18.8 Å². The van der Waals surface area contributed by atoms with E-state index in [-0.39, 0.29) is 30.1 Å². The molecule has 1 atom stereocenters. The molecule has 1 N–H and O–H groups in total. The average molecular weight is 381 g/mol. The first-order chi connectivity index (χ1) is 13.6. The second-order valence-electron chi connectivity index (χ2n) is 7.25. The van der Waals surface area contributed by atoms with Gasteiger partial charge in [-0.2, -0.15) is 0 Å². The van der Waals surface area contributed by atoms with Gasteiger partial charge in [0.1, 0.15) is 0 Å². The molecular formula is C21H24FN5O. The summed E-state index contributed by atoms with van der Waals surface area (Å²) in [6.45, 7) is 2.48. The highest BCUT2D eigenvalue weighted by atomic mass is 19.1. The third-order valence-electron chi connectivity index (χ3n) is 5.28. The Morgan fingerprint density at radius 3 is 2.82 bits per heavy atom. The first-order valence-electron chi connectivity index (χ1n) is 9.49. The lowest BCUT2D eigenvalue weighted by Gasteiger charge is -2.39. The van der Waals surface area contributed by atoms with Crippen LogP contribution < -0.4 is 5.32 Å². The number of hydrogen-bond acceptors (Lipinski definition) is 3. The fourth-order valence-electron chi connectivity index (χ4n) is 3.63. The molecule has 0 aliphatic carbocycles. The van der Waals surface area contributed by atoms with Gasteiger partial charge in [-0.1, -0.05) is 30.3 Å². The molecule has 1 unspecified atom stereocenters. The Bertz CT molecular complexity index is 958. The van der Waals surface area contributed by atoms with Crippen LogP contribution in [0.15, 0.2) is 54.9 Å². The molecule has 2 amide bonds. The third kappa shape index (κ3) is 3.99. The van der Waals surface area contributed by atoms with E-state index < -0.39 is 0 Å². The van der Waals surface area contributed by atoms with Gasteiger partial charge in [0, 0.05) is 38.1 Å². The number of hydrogen-bond donors (Lipinski definition) is 1. The third-order valence-corrected chi connectivity index (χ3v) is 5.28. The van der Waals surface area contributed by atoms with Crippen molar-refractivity contribution < 1.29 is 9.18 Å². The highest BCUT2D eigenvalue weighted by Gasteiger charge is 2.27. The summed E-state index contributed by atoms with van der Waals surface area (Å²) in [5.74, 6) is -0.372. The molecule has 6 nitrogen and oxygen atoms in total. The lowest BCUT2D eigenvalue weighted by Crippen LogP contribution is -2.56. The first kappa shape index (κ1) is 18.4. The molecule has 7 heteroatoms. The zero-order valence-corrected chi connectivity index (χ0v) is 15.9. The molecule has 1 saturated heterocycles. The van der Waals surface area contributed by atoms with Crippen molar-refractivity contribution in [1.82, 2.24) is 24.5 Å². The lowest BCUT2D eigenvalue weighted by atomic mass is 10.0. The molecule has 1 aliphatic rings. The van der Waals surface area contributed by atoms with Crippen molar-refractivity contribution in [2.24, 2.45) is 0 Å². The Morgan fingerprint density at radius 1 is 1.21 bits per heavy atom. The summed E-state index contributed by atoms with van der Waals surface area (Å²) in [5.41, 5.74) is 2.18. The Balaban J connectivity index is 1.36. The minimum atomic E-state index is -0.372. The number of piperazine rings is 1. The number of imidazole rings is 1. The number of benzene rings is 1. The zero-order chi connectivity index (χ0) is 19.5. The number of halogens is 1. The van der Waals surface area contributed by atoms with E-state index in [9.17, 15) is 9.18 Å². The van der Waals surface area contributed by atoms with Crippen molar-refractivity contribution in [2.75, 3.05) is 26.7 Å². The Kier molecular flexibility index (Phi) is 5.25. The molecule has 1 fully saturated rings. The molecular weight excluding hydrogens is 357 g/mol. The normalized spacial score (nSPS) is 17.8. The summed E-state index contributed by atoms with van der Waals surface area (Å²) in [6.07, 6.45) is 4.39. The smallest absolute Gasteiger partial charge is 0.317 e. The number of likely N-dealkylation sites (N-methyl/N-ethyl adjacent to an activating group) is 1. The van der Waals surface area contributed by atoms with E-state index >= 15 is 0 Å². The Hall–Kier alpha value is -2.93. The maximum atomic E-state index is 13.8. The Labute approximate surface area is 163 Å². The lowest BCUT2D eigenvalue weighted by molar-refractivity contribution is 0.109. The fraction of sp³-hybridized carbons (Fsp3) is 0.333. The van der Waals surface area contributed by atoms with Crippen molar-refractivity contribution in [3.63, 3.8) is 0 Å². The predicted octanol–water partition coefficient (Wildman–Crippen LogP) is 2.54. The van der Waals surface area contributed by atoms with Gasteiger partial charge < -0.3 is 14.6 Å². The number of rotatable bonds is 4. The van der Waals surface area contributed by atoms with Gasteiger partial charge in [-0.25, -0.2) is 14.2 Å². The molecule has 0 bridgehead atoms. The topological polar surface area (TPSA) is 52.9 Å². The Morgan fingerprint density at radius 2 is 2.04 bits per heavy atom. The summed E-state index contributed by atoms with van der Waals surface area (Å²) in [4.78, 5) is 21.1. The number of carbonyl (C=O) groups is 1. The van der Waals surface area contributed by atoms with Crippen LogP contribution >= 0.6 is 0 Å². The SMILES string of the molecule is CN1CCN(C(=O)NCc2cn3cccc(F)c3n2)CC1Cc1ccccc1. The molecule has 0 spiro atoms. The highest BCUT2D eigenvalue weighted by Crippen LogP contribution is 2.14. The quantitative estimate of drug-likeness (QED) is 0.756. The van der Waals surface area contributed by atoms with Crippen LogP contribution in [0, 0.1) is 5.82 Å². The number of nitrogens with zero attached hydrogens (tertiary/aromatic N) is 4. The number of urea groups is 1. The fourth-order valence-corrected chi connectivity index (χ4v) is 3.63. The maximum absolute atomic E-state index is 13.8. The van der Waals surface area contributed by atoms with Gasteiger partial charge in [-0.15, -0.1) is 0 Å². The van der Waals surface area contributed by atoms with E-state index in [0.717, 1.165) is 13.0 Å². The van der Waals surface area contributed by atoms with Crippen molar-refractivity contribution in [2.45, 2.75) is 19.0 Å². The second kappa shape index (κ2) is 7.98. The van der Waals surface area contributed by atoms with Crippen molar-refractivity contribution in [3.8, 4) is 0 Å². The van der Waals surface area contributed by atoms with Gasteiger partial charge in [-0.05, 0) is 31.2 Å². The summed E-state index contributed by atoms with van der Waals surface area (Å²) >= 11 is 0. The van der Waals surface area contributed by atoms with E-state index in [1.54, 1.807) is 22.9 Å². The minimum Gasteiger partial charge on any atom is -0.332 e. The van der Waals surface area contributed by atoms with Crippen LogP contribution in [0.3, 0.4) is 0 Å². The number of nitrogens with one attached hydrogen (secondary N) is 1. The monoisotopic (exact) mass is 381 g/mol. The summed E-state index contributed by atoms with van der Waals surface area (Å²) in [6, 6.07) is 13.5. The van der Waals surface area contributed by atoms with Crippen molar-refractivity contribution in [1.29, 1.82) is 0 Å². The largest absolute Gasteiger partial charge is 0.332 e. The maximum Gasteiger partial charge on any atom is 0.317 e. The molecule has 1 aliphatic heterocycles. The summed E-state index contributed by atoms with van der Waals surface area (Å²) in [5, 5.41) is 2.92. The molecule has 146 valence electrons. The van der Waals surface area contributed by atoms with E-state index in [4.69, 9.17) is 0 Å². The van der Waals surface area contributed by atoms with Crippen LogP contribution in [0.25, 0.3) is 5.65 Å². The van der Waals surface area contributed by atoms with Crippen LogP contribution in [0.1, 0.15) is 11.3 Å². The van der Waals surface area contributed by atoms with Gasteiger partial charge in [0.15, 0.2) is 11.5 Å². The van der Waals surface area contributed by atoms with Gasteiger partial charge in [-0.3, -0.25) is 4.90 Å². The average Bonchev–Trinajstić information content (AvgIpc) is 3.13. The van der Waals surface area contributed by atoms with Crippen LogP contribution in [-0.4, -0.2) is 57.9 Å². The number of aromatic nitrogens is 2. The van der Waals surface area contributed by atoms with Crippen LogP contribution in [0.4, 0.5) is 9.18 Å². The van der Waals surface area contributed by atoms with Crippen LogP contribution in [-0.2, 0) is 13.0 Å². The number of amides is 2. The minimum absolute atomic E-state index is 0.108. The van der Waals surface area contributed by atoms with Gasteiger partial charge in [0.05, 0.1) is 12.2 Å². The van der Waals surface area contributed by atoms with Crippen molar-refractivity contribution >= 4 is 11.7 Å². The molecule has 28 heavy (non-hydrogen) atoms. The molecule has 2 aromatic heterocycles. The highest BCUT2D eigenvalue weighted by molar-refractivity contribution is 5.74. The molecule has 3 heterocycles. The van der Waals surface area contributed by atoms with Gasteiger partial charge >= 0.3 is 6.03 Å². The molecule has 0 radical (unpaired) electrons. The van der Waals surface area contributed by atoms with Gasteiger partial charge in [0.25, 0.3) is 0 Å². The first-order valence-corrected chi connectivity index (χ1v) is 9.49. The molecule has 3 aromatic rings.